The van der Waals surface area contributed by atoms with Crippen molar-refractivity contribution in [1.82, 2.24) is 0 Å². The fourth-order valence-corrected chi connectivity index (χ4v) is 4.14. The Morgan fingerprint density at radius 3 is 2.43 bits per heavy atom. The molecule has 1 heterocycles. The van der Waals surface area contributed by atoms with Crippen molar-refractivity contribution in [2.45, 2.75) is 89.8 Å². The number of aliphatic hydroxyl groups excluding tert-OH is 1. The third-order valence-electron chi connectivity index (χ3n) is 6.13. The lowest BCUT2D eigenvalue weighted by Gasteiger charge is -2.13. The van der Waals surface area contributed by atoms with Crippen molar-refractivity contribution in [1.29, 1.82) is 0 Å². The summed E-state index contributed by atoms with van der Waals surface area (Å²) in [5, 5.41) is 9.24. The first-order valence-corrected chi connectivity index (χ1v) is 12.8. The van der Waals surface area contributed by atoms with Crippen molar-refractivity contribution < 1.29 is 38.4 Å². The van der Waals surface area contributed by atoms with Gasteiger partial charge in [0.1, 0.15) is 28.9 Å². The maximum Gasteiger partial charge on any atom is 0.342 e. The Morgan fingerprint density at radius 2 is 1.74 bits per heavy atom. The molecule has 1 aromatic rings. The van der Waals surface area contributed by atoms with Gasteiger partial charge in [0.2, 0.25) is 0 Å². The van der Waals surface area contributed by atoms with Crippen molar-refractivity contribution in [2.24, 2.45) is 0 Å². The van der Waals surface area contributed by atoms with E-state index >= 15 is 0 Å². The molecule has 2 rings (SSSR count). The van der Waals surface area contributed by atoms with Gasteiger partial charge in [0.25, 0.3) is 0 Å². The third-order valence-corrected chi connectivity index (χ3v) is 6.13. The number of ether oxygens (including phenoxy) is 5. The van der Waals surface area contributed by atoms with Gasteiger partial charge in [-0.15, -0.1) is 0 Å². The van der Waals surface area contributed by atoms with E-state index in [2.05, 4.69) is 0 Å². The van der Waals surface area contributed by atoms with Crippen molar-refractivity contribution in [3.05, 3.63) is 23.3 Å². The Morgan fingerprint density at radius 1 is 1.03 bits per heavy atom. The van der Waals surface area contributed by atoms with Crippen LogP contribution in [0.4, 0.5) is 0 Å². The normalized spacial score (nSPS) is 15.5. The molecule has 0 saturated carbocycles. The van der Waals surface area contributed by atoms with Crippen LogP contribution in [0.5, 0.6) is 11.5 Å². The minimum Gasteiger partial charge on any atom is -0.496 e. The topological polar surface area (TPSA) is 101 Å². The summed E-state index contributed by atoms with van der Waals surface area (Å²) in [6.45, 7) is 2.73. The third kappa shape index (κ3) is 10.5. The standard InChI is InChI=1S/C27H42O8/c1-20(28)13-14-21(29)11-9-7-5-4-6-8-10-12-24-23-17-22(34-19-33-16-15-31-2)18-25(32-3)26(23)27(30)35-24/h17-18,20,24,28H,4-16,19H2,1-3H3. The lowest BCUT2D eigenvalue weighted by Crippen LogP contribution is -2.08. The van der Waals surface area contributed by atoms with Crippen molar-refractivity contribution in [3.8, 4) is 11.5 Å². The SMILES string of the molecule is COCCOCOc1cc(OC)c2c(c1)C(CCCCCCCCCC(=O)CCC(C)O)OC2=O. The highest BCUT2D eigenvalue weighted by atomic mass is 16.7. The predicted octanol–water partition coefficient (Wildman–Crippen LogP) is 5.15. The molecule has 0 aromatic heterocycles. The fourth-order valence-electron chi connectivity index (χ4n) is 4.14. The van der Waals surface area contributed by atoms with E-state index in [9.17, 15) is 14.7 Å². The van der Waals surface area contributed by atoms with Crippen LogP contribution in [0.2, 0.25) is 0 Å². The molecule has 1 aromatic carbocycles. The number of esters is 1. The quantitative estimate of drug-likeness (QED) is 0.151. The zero-order valence-corrected chi connectivity index (χ0v) is 21.5. The first kappa shape index (κ1) is 29.1. The molecular weight excluding hydrogens is 452 g/mol. The summed E-state index contributed by atoms with van der Waals surface area (Å²) >= 11 is 0. The lowest BCUT2D eigenvalue weighted by molar-refractivity contribution is -0.119. The van der Waals surface area contributed by atoms with Gasteiger partial charge in [-0.05, 0) is 38.7 Å². The second-order valence-corrected chi connectivity index (χ2v) is 9.09. The van der Waals surface area contributed by atoms with E-state index < -0.39 is 6.10 Å². The second kappa shape index (κ2) is 16.5. The van der Waals surface area contributed by atoms with E-state index in [1.807, 2.05) is 6.07 Å². The van der Waals surface area contributed by atoms with E-state index in [1.165, 1.54) is 7.11 Å². The van der Waals surface area contributed by atoms with Gasteiger partial charge >= 0.3 is 5.97 Å². The first-order valence-electron chi connectivity index (χ1n) is 12.8. The molecule has 198 valence electrons. The number of cyclic esters (lactones) is 1. The van der Waals surface area contributed by atoms with E-state index in [-0.39, 0.29) is 24.6 Å². The van der Waals surface area contributed by atoms with Crippen LogP contribution in [0, 0.1) is 0 Å². The van der Waals surface area contributed by atoms with E-state index in [0.717, 1.165) is 56.9 Å². The van der Waals surface area contributed by atoms with Crippen LogP contribution < -0.4 is 9.47 Å². The molecule has 0 amide bonds. The molecule has 0 saturated heterocycles. The fraction of sp³-hybridized carbons (Fsp3) is 0.704. The average molecular weight is 495 g/mol. The number of unbranched alkanes of at least 4 members (excludes halogenated alkanes) is 6. The molecular formula is C27H42O8. The molecule has 8 nitrogen and oxygen atoms in total. The lowest BCUT2D eigenvalue weighted by atomic mass is 9.98. The second-order valence-electron chi connectivity index (χ2n) is 9.09. The molecule has 0 fully saturated rings. The molecule has 0 bridgehead atoms. The number of rotatable bonds is 20. The highest BCUT2D eigenvalue weighted by Crippen LogP contribution is 2.41. The Balaban J connectivity index is 1.69. The molecule has 2 unspecified atom stereocenters. The highest BCUT2D eigenvalue weighted by molar-refractivity contribution is 5.97. The number of benzene rings is 1. The predicted molar refractivity (Wildman–Crippen MR) is 132 cm³/mol. The van der Waals surface area contributed by atoms with Gasteiger partial charge < -0.3 is 28.8 Å². The molecule has 0 radical (unpaired) electrons. The van der Waals surface area contributed by atoms with Gasteiger partial charge in [0.15, 0.2) is 6.79 Å². The maximum atomic E-state index is 12.4. The van der Waals surface area contributed by atoms with Crippen LogP contribution in [0.15, 0.2) is 12.1 Å². The van der Waals surface area contributed by atoms with Crippen LogP contribution in [0.25, 0.3) is 0 Å². The van der Waals surface area contributed by atoms with Crippen LogP contribution in [0.3, 0.4) is 0 Å². The summed E-state index contributed by atoms with van der Waals surface area (Å²) in [5.41, 5.74) is 1.29. The van der Waals surface area contributed by atoms with Crippen LogP contribution in [-0.4, -0.2) is 57.2 Å². The molecule has 35 heavy (non-hydrogen) atoms. The number of ketones is 1. The number of hydrogen-bond donors (Lipinski definition) is 1. The summed E-state index contributed by atoms with van der Waals surface area (Å²) in [5.74, 6) is 0.922. The maximum absolute atomic E-state index is 12.4. The summed E-state index contributed by atoms with van der Waals surface area (Å²) in [7, 11) is 3.14. The first-order chi connectivity index (χ1) is 17.0. The number of aliphatic hydroxyl groups is 1. The van der Waals surface area contributed by atoms with Crippen molar-refractivity contribution >= 4 is 11.8 Å². The molecule has 2 atom stereocenters. The number of hydrogen-bond acceptors (Lipinski definition) is 8. The smallest absolute Gasteiger partial charge is 0.342 e. The summed E-state index contributed by atoms with van der Waals surface area (Å²) in [6.07, 6.45) is 9.12. The molecule has 0 aliphatic carbocycles. The molecule has 1 N–H and O–H groups in total. The monoisotopic (exact) mass is 494 g/mol. The zero-order valence-electron chi connectivity index (χ0n) is 21.5. The van der Waals surface area contributed by atoms with Gasteiger partial charge in [-0.25, -0.2) is 4.79 Å². The van der Waals surface area contributed by atoms with Crippen LogP contribution in [0.1, 0.15) is 99.6 Å². The Bertz CT molecular complexity index is 777. The van der Waals surface area contributed by atoms with Gasteiger partial charge in [-0.3, -0.25) is 4.79 Å². The number of methoxy groups -OCH3 is 2. The van der Waals surface area contributed by atoms with Gasteiger partial charge in [0, 0.05) is 31.6 Å². The summed E-state index contributed by atoms with van der Waals surface area (Å²) in [4.78, 5) is 24.2. The van der Waals surface area contributed by atoms with Gasteiger partial charge in [0.05, 0.1) is 26.4 Å². The summed E-state index contributed by atoms with van der Waals surface area (Å²) in [6, 6.07) is 3.53. The van der Waals surface area contributed by atoms with Gasteiger partial charge in [-0.1, -0.05) is 32.1 Å². The number of carbonyl (C=O) groups excluding carboxylic acids is 2. The van der Waals surface area contributed by atoms with Crippen molar-refractivity contribution in [3.63, 3.8) is 0 Å². The molecule has 1 aliphatic heterocycles. The Labute approximate surface area is 209 Å². The molecule has 1 aliphatic rings. The number of Topliss-reactive ketones (excluding diaryl/α,β-unsaturated/α-hetero) is 1. The molecule has 0 spiro atoms. The van der Waals surface area contributed by atoms with Crippen LogP contribution in [-0.2, 0) is 19.0 Å². The van der Waals surface area contributed by atoms with E-state index in [0.29, 0.717) is 49.5 Å². The van der Waals surface area contributed by atoms with Gasteiger partial charge in [-0.2, -0.15) is 0 Å². The average Bonchev–Trinajstić information content (AvgIpc) is 3.16. The Hall–Kier alpha value is -2.16. The number of carbonyl (C=O) groups is 2. The Kier molecular flexibility index (Phi) is 13.7. The molecule has 8 heteroatoms. The number of fused-ring (bicyclic) bond motifs is 1. The largest absolute Gasteiger partial charge is 0.496 e. The van der Waals surface area contributed by atoms with Crippen LogP contribution >= 0.6 is 0 Å². The highest BCUT2D eigenvalue weighted by Gasteiger charge is 2.34. The zero-order chi connectivity index (χ0) is 25.5. The minimum atomic E-state index is -0.400. The minimum absolute atomic E-state index is 0.0841. The van der Waals surface area contributed by atoms with E-state index in [1.54, 1.807) is 20.1 Å². The summed E-state index contributed by atoms with van der Waals surface area (Å²) < 4.78 is 27.0. The van der Waals surface area contributed by atoms with Crippen molar-refractivity contribution in [2.75, 3.05) is 34.2 Å². The van der Waals surface area contributed by atoms with E-state index in [4.69, 9.17) is 23.7 Å².